The molecular formula is C31H36F2N6O5. The first kappa shape index (κ1) is 32.3. The standard InChI is InChI=1S/C31H36F2N6O5/c1-8-18-9-10-20(13-18)42-23-12-11-21(32)27(33)26(23)22-14-24(37-39(22)29(41)44-31(5,6)7)38(28(40)43-30(2,3)4)25-17-35-19(15-34)16-36-25/h11-12,14,16-18,20H,8-10,13H2,1-7H3/t18-,20-/m1/s1. The molecule has 1 aliphatic rings. The molecular weight excluding hydrogens is 574 g/mol. The smallest absolute Gasteiger partial charge is 0.435 e. The summed E-state index contributed by atoms with van der Waals surface area (Å²) in [6.45, 7) is 11.9. The maximum absolute atomic E-state index is 15.7. The van der Waals surface area contributed by atoms with E-state index >= 15 is 4.39 Å². The molecule has 2 atom stereocenters. The van der Waals surface area contributed by atoms with Gasteiger partial charge in [0.05, 0.1) is 29.8 Å². The number of amides is 1. The first-order chi connectivity index (χ1) is 20.6. The van der Waals surface area contributed by atoms with Gasteiger partial charge in [-0.3, -0.25) is 0 Å². The Morgan fingerprint density at radius 2 is 1.75 bits per heavy atom. The molecule has 0 aliphatic heterocycles. The van der Waals surface area contributed by atoms with E-state index in [0.29, 0.717) is 5.92 Å². The second kappa shape index (κ2) is 12.6. The highest BCUT2D eigenvalue weighted by Crippen LogP contribution is 2.40. The Morgan fingerprint density at radius 3 is 2.32 bits per heavy atom. The van der Waals surface area contributed by atoms with Crippen molar-refractivity contribution in [1.82, 2.24) is 19.7 Å². The summed E-state index contributed by atoms with van der Waals surface area (Å²) in [4.78, 5) is 36.0. The Bertz CT molecular complexity index is 1570. The normalized spacial score (nSPS) is 16.7. The van der Waals surface area contributed by atoms with Crippen molar-refractivity contribution in [2.45, 2.75) is 91.5 Å². The summed E-state index contributed by atoms with van der Waals surface area (Å²) in [5.41, 5.74) is -2.56. The zero-order valence-electron chi connectivity index (χ0n) is 25.9. The molecule has 0 unspecified atom stereocenters. The van der Waals surface area contributed by atoms with Gasteiger partial charge < -0.3 is 14.2 Å². The van der Waals surface area contributed by atoms with Crippen molar-refractivity contribution in [3.8, 4) is 23.1 Å². The minimum absolute atomic E-state index is 0.00361. The maximum atomic E-state index is 15.7. The predicted molar refractivity (Wildman–Crippen MR) is 156 cm³/mol. The summed E-state index contributed by atoms with van der Waals surface area (Å²) in [7, 11) is 0. The molecule has 1 saturated carbocycles. The molecule has 234 valence electrons. The lowest BCUT2D eigenvalue weighted by atomic mass is 10.1. The van der Waals surface area contributed by atoms with E-state index in [1.165, 1.54) is 12.1 Å². The van der Waals surface area contributed by atoms with Gasteiger partial charge in [0.1, 0.15) is 23.0 Å². The van der Waals surface area contributed by atoms with E-state index < -0.39 is 35.0 Å². The first-order valence-corrected chi connectivity index (χ1v) is 14.3. The Kier molecular flexibility index (Phi) is 9.22. The molecule has 1 aromatic carbocycles. The third kappa shape index (κ3) is 7.48. The number of hydrogen-bond donors (Lipinski definition) is 0. The van der Waals surface area contributed by atoms with Crippen LogP contribution >= 0.6 is 0 Å². The fraction of sp³-hybridized carbons (Fsp3) is 0.484. The summed E-state index contributed by atoms with van der Waals surface area (Å²) >= 11 is 0. The van der Waals surface area contributed by atoms with Crippen molar-refractivity contribution in [3.63, 3.8) is 0 Å². The van der Waals surface area contributed by atoms with Crippen molar-refractivity contribution in [2.24, 2.45) is 5.92 Å². The molecule has 0 spiro atoms. The highest BCUT2D eigenvalue weighted by Gasteiger charge is 2.34. The fourth-order valence-corrected chi connectivity index (χ4v) is 4.76. The summed E-state index contributed by atoms with van der Waals surface area (Å²) in [5, 5.41) is 13.5. The molecule has 0 bridgehead atoms. The van der Waals surface area contributed by atoms with Crippen LogP contribution in [-0.4, -0.2) is 49.2 Å². The monoisotopic (exact) mass is 610 g/mol. The number of ether oxygens (including phenoxy) is 3. The minimum Gasteiger partial charge on any atom is -0.490 e. The molecule has 11 nitrogen and oxygen atoms in total. The molecule has 0 radical (unpaired) electrons. The Balaban J connectivity index is 1.92. The zero-order chi connectivity index (χ0) is 32.4. The van der Waals surface area contributed by atoms with Gasteiger partial charge in [0.15, 0.2) is 29.0 Å². The first-order valence-electron chi connectivity index (χ1n) is 14.3. The largest absolute Gasteiger partial charge is 0.490 e. The number of rotatable bonds is 6. The van der Waals surface area contributed by atoms with E-state index in [0.717, 1.165) is 53.7 Å². The van der Waals surface area contributed by atoms with Crippen LogP contribution < -0.4 is 9.64 Å². The van der Waals surface area contributed by atoms with Crippen LogP contribution in [-0.2, 0) is 9.47 Å². The van der Waals surface area contributed by atoms with Gasteiger partial charge in [-0.1, -0.05) is 13.3 Å². The summed E-state index contributed by atoms with van der Waals surface area (Å²) < 4.78 is 48.6. The van der Waals surface area contributed by atoms with Crippen LogP contribution in [0.25, 0.3) is 11.3 Å². The lowest BCUT2D eigenvalue weighted by molar-refractivity contribution is 0.0512. The van der Waals surface area contributed by atoms with E-state index in [1.807, 2.05) is 6.07 Å². The SMILES string of the molecule is CC[C@@H]1CC[C@@H](Oc2ccc(F)c(F)c2-c2cc(N(C(=O)OC(C)(C)C)c3cnc(C#N)cn3)nn2C(=O)OC(C)(C)C)C1. The van der Waals surface area contributed by atoms with Crippen molar-refractivity contribution >= 4 is 23.8 Å². The molecule has 13 heteroatoms. The van der Waals surface area contributed by atoms with Crippen molar-refractivity contribution in [2.75, 3.05) is 4.90 Å². The minimum atomic E-state index is -1.27. The molecule has 0 N–H and O–H groups in total. The summed E-state index contributed by atoms with van der Waals surface area (Å²) in [6, 6.07) is 5.31. The quantitative estimate of drug-likeness (QED) is 0.282. The van der Waals surface area contributed by atoms with Crippen LogP contribution in [0.15, 0.2) is 30.6 Å². The van der Waals surface area contributed by atoms with Gasteiger partial charge in [0, 0.05) is 6.07 Å². The summed E-state index contributed by atoms with van der Waals surface area (Å²) in [5.74, 6) is -2.34. The van der Waals surface area contributed by atoms with Crippen LogP contribution in [0, 0.1) is 28.9 Å². The van der Waals surface area contributed by atoms with Crippen LogP contribution in [0.1, 0.15) is 79.8 Å². The molecule has 2 aromatic heterocycles. The Labute approximate surface area is 254 Å². The number of benzene rings is 1. The second-order valence-corrected chi connectivity index (χ2v) is 12.5. The molecule has 1 aliphatic carbocycles. The third-order valence-corrected chi connectivity index (χ3v) is 6.73. The molecule has 0 saturated heterocycles. The number of anilines is 2. The number of nitrogens with zero attached hydrogens (tertiary/aromatic N) is 6. The Hall–Kier alpha value is -4.60. The average molecular weight is 611 g/mol. The third-order valence-electron chi connectivity index (χ3n) is 6.73. The van der Waals surface area contributed by atoms with Gasteiger partial charge in [0.2, 0.25) is 0 Å². The predicted octanol–water partition coefficient (Wildman–Crippen LogP) is 7.30. The van der Waals surface area contributed by atoms with Gasteiger partial charge in [-0.15, -0.1) is 5.10 Å². The highest BCUT2D eigenvalue weighted by atomic mass is 19.2. The van der Waals surface area contributed by atoms with E-state index in [4.69, 9.17) is 19.5 Å². The fourth-order valence-electron chi connectivity index (χ4n) is 4.76. The van der Waals surface area contributed by atoms with Crippen molar-refractivity contribution < 1.29 is 32.6 Å². The van der Waals surface area contributed by atoms with Crippen LogP contribution in [0.5, 0.6) is 5.75 Å². The second-order valence-electron chi connectivity index (χ2n) is 12.5. The molecule has 2 heterocycles. The number of carbonyl (C=O) groups is 2. The topological polar surface area (TPSA) is 132 Å². The number of halogens is 2. The molecule has 44 heavy (non-hydrogen) atoms. The Morgan fingerprint density at radius 1 is 1.05 bits per heavy atom. The van der Waals surface area contributed by atoms with Gasteiger partial charge in [-0.05, 0) is 78.9 Å². The molecule has 1 amide bonds. The number of carbonyl (C=O) groups excluding carboxylic acids is 2. The lowest BCUT2D eigenvalue weighted by Crippen LogP contribution is -2.35. The van der Waals surface area contributed by atoms with Gasteiger partial charge in [-0.25, -0.2) is 33.2 Å². The lowest BCUT2D eigenvalue weighted by Gasteiger charge is -2.25. The molecule has 1 fully saturated rings. The van der Waals surface area contributed by atoms with Crippen LogP contribution in [0.2, 0.25) is 0 Å². The number of hydrogen-bond acceptors (Lipinski definition) is 9. The average Bonchev–Trinajstić information content (AvgIpc) is 3.57. The molecule has 4 rings (SSSR count). The van der Waals surface area contributed by atoms with Crippen molar-refractivity contribution in [3.05, 3.63) is 47.9 Å². The van der Waals surface area contributed by atoms with E-state index in [1.54, 1.807) is 41.5 Å². The maximum Gasteiger partial charge on any atom is 0.435 e. The number of aromatic nitrogens is 4. The zero-order valence-corrected chi connectivity index (χ0v) is 25.9. The van der Waals surface area contributed by atoms with E-state index in [9.17, 15) is 14.0 Å². The van der Waals surface area contributed by atoms with E-state index in [-0.39, 0.29) is 40.4 Å². The highest BCUT2D eigenvalue weighted by molar-refractivity contribution is 5.95. The van der Waals surface area contributed by atoms with Gasteiger partial charge >= 0.3 is 12.2 Å². The van der Waals surface area contributed by atoms with Gasteiger partial charge in [-0.2, -0.15) is 9.94 Å². The summed E-state index contributed by atoms with van der Waals surface area (Å²) in [6.07, 6.45) is 3.47. The van der Waals surface area contributed by atoms with Crippen LogP contribution in [0.4, 0.5) is 30.0 Å². The van der Waals surface area contributed by atoms with Crippen LogP contribution in [0.3, 0.4) is 0 Å². The van der Waals surface area contributed by atoms with E-state index in [2.05, 4.69) is 22.0 Å². The van der Waals surface area contributed by atoms with Gasteiger partial charge in [0.25, 0.3) is 0 Å². The number of nitriles is 1. The molecule has 3 aromatic rings. The van der Waals surface area contributed by atoms with Crippen molar-refractivity contribution in [1.29, 1.82) is 5.26 Å².